The number of hydrogen-bond acceptors (Lipinski definition) is 2. The van der Waals surface area contributed by atoms with Crippen molar-refractivity contribution in [3.05, 3.63) is 29.8 Å². The molecule has 0 saturated heterocycles. The van der Waals surface area contributed by atoms with Crippen LogP contribution in [0.1, 0.15) is 50.4 Å². The van der Waals surface area contributed by atoms with Crippen LogP contribution >= 0.6 is 11.8 Å². The van der Waals surface area contributed by atoms with E-state index < -0.39 is 0 Å². The van der Waals surface area contributed by atoms with Crippen molar-refractivity contribution in [3.63, 3.8) is 0 Å². The lowest BCUT2D eigenvalue weighted by atomic mass is 9.69. The molecule has 3 rings (SSSR count). The number of carbonyl (C=O) groups is 1. The highest BCUT2D eigenvalue weighted by Gasteiger charge is 2.61. The van der Waals surface area contributed by atoms with Crippen LogP contribution in [-0.2, 0) is 0 Å². The monoisotopic (exact) mass is 303 g/mol. The first-order valence-electron chi connectivity index (χ1n) is 7.84. The van der Waals surface area contributed by atoms with Crippen LogP contribution in [0, 0.1) is 16.7 Å². The average Bonchev–Trinajstić information content (AvgIpc) is 2.80. The van der Waals surface area contributed by atoms with Gasteiger partial charge >= 0.3 is 0 Å². The second-order valence-corrected chi connectivity index (χ2v) is 8.18. The molecule has 0 spiro atoms. The second-order valence-electron chi connectivity index (χ2n) is 7.34. The van der Waals surface area contributed by atoms with E-state index in [9.17, 15) is 4.79 Å². The Hall–Kier alpha value is -0.960. The number of fused-ring (bicyclic) bond motifs is 2. The first kappa shape index (κ1) is 15.0. The predicted molar refractivity (Wildman–Crippen MR) is 88.7 cm³/mol. The fourth-order valence-electron chi connectivity index (χ4n) is 4.49. The lowest BCUT2D eigenvalue weighted by Gasteiger charge is -2.39. The molecule has 2 nitrogen and oxygen atoms in total. The molecule has 3 unspecified atom stereocenters. The van der Waals surface area contributed by atoms with Gasteiger partial charge in [0.2, 0.25) is 0 Å². The third-order valence-electron chi connectivity index (χ3n) is 6.45. The minimum absolute atomic E-state index is 0.0922. The first-order chi connectivity index (χ1) is 9.90. The molecule has 21 heavy (non-hydrogen) atoms. The van der Waals surface area contributed by atoms with Crippen LogP contribution in [0.15, 0.2) is 29.2 Å². The first-order valence-corrected chi connectivity index (χ1v) is 9.06. The molecular formula is C18H25NOS. The lowest BCUT2D eigenvalue weighted by molar-refractivity contribution is 0.0823. The fraction of sp³-hybridized carbons (Fsp3) is 0.611. The smallest absolute Gasteiger partial charge is 0.252 e. The van der Waals surface area contributed by atoms with Gasteiger partial charge in [-0.2, -0.15) is 0 Å². The average molecular weight is 303 g/mol. The molecule has 2 bridgehead atoms. The lowest BCUT2D eigenvalue weighted by Crippen LogP contribution is -2.47. The Labute approximate surface area is 132 Å². The summed E-state index contributed by atoms with van der Waals surface area (Å²) in [4.78, 5) is 13.7. The summed E-state index contributed by atoms with van der Waals surface area (Å²) in [6, 6.07) is 8.20. The maximum Gasteiger partial charge on any atom is 0.252 e. The fourth-order valence-corrected chi connectivity index (χ4v) is 5.09. The Bertz CT molecular complexity index is 568. The highest BCUT2D eigenvalue weighted by atomic mass is 32.2. The Balaban J connectivity index is 1.81. The number of carbonyl (C=O) groups excluding carboxylic acids is 1. The van der Waals surface area contributed by atoms with Gasteiger partial charge in [0.15, 0.2) is 0 Å². The molecule has 0 heterocycles. The number of thioether (sulfide) groups is 1. The molecule has 1 N–H and O–H groups in total. The van der Waals surface area contributed by atoms with Crippen LogP contribution in [0.5, 0.6) is 0 Å². The molecule has 3 atom stereocenters. The molecule has 2 saturated carbocycles. The third kappa shape index (κ3) is 2.12. The molecule has 2 aliphatic rings. The highest BCUT2D eigenvalue weighted by molar-refractivity contribution is 7.98. The standard InChI is InChI=1S/C18H25NOS/c1-17(2)12-9-10-18(17,3)15(11-12)19-16(20)13-7-5-6-8-14(13)21-4/h5-8,12,15H,9-11H2,1-4H3,(H,19,20). The number of amides is 1. The summed E-state index contributed by atoms with van der Waals surface area (Å²) in [6.07, 6.45) is 5.71. The van der Waals surface area contributed by atoms with E-state index >= 15 is 0 Å². The largest absolute Gasteiger partial charge is 0.349 e. The van der Waals surface area contributed by atoms with Crippen LogP contribution < -0.4 is 5.32 Å². The van der Waals surface area contributed by atoms with E-state index in [2.05, 4.69) is 26.1 Å². The van der Waals surface area contributed by atoms with E-state index in [1.807, 2.05) is 30.5 Å². The van der Waals surface area contributed by atoms with E-state index in [-0.39, 0.29) is 11.3 Å². The molecule has 3 heteroatoms. The van der Waals surface area contributed by atoms with Crippen LogP contribution in [-0.4, -0.2) is 18.2 Å². The van der Waals surface area contributed by atoms with E-state index in [1.165, 1.54) is 12.8 Å². The second kappa shape index (κ2) is 5.05. The van der Waals surface area contributed by atoms with Gasteiger partial charge in [-0.15, -0.1) is 11.8 Å². The van der Waals surface area contributed by atoms with Crippen molar-refractivity contribution in [1.29, 1.82) is 0 Å². The predicted octanol–water partition coefficient (Wildman–Crippen LogP) is 4.35. The molecule has 1 amide bonds. The third-order valence-corrected chi connectivity index (χ3v) is 7.25. The van der Waals surface area contributed by atoms with Gasteiger partial charge in [0.25, 0.3) is 5.91 Å². The summed E-state index contributed by atoms with van der Waals surface area (Å²) in [5, 5.41) is 3.35. The van der Waals surface area contributed by atoms with Gasteiger partial charge in [-0.1, -0.05) is 32.9 Å². The minimum Gasteiger partial charge on any atom is -0.349 e. The van der Waals surface area contributed by atoms with E-state index in [4.69, 9.17) is 0 Å². The van der Waals surface area contributed by atoms with Crippen molar-refractivity contribution in [1.82, 2.24) is 5.32 Å². The van der Waals surface area contributed by atoms with Gasteiger partial charge in [-0.05, 0) is 54.4 Å². The van der Waals surface area contributed by atoms with Gasteiger partial charge in [0.05, 0.1) is 5.56 Å². The van der Waals surface area contributed by atoms with Gasteiger partial charge in [-0.25, -0.2) is 0 Å². The summed E-state index contributed by atoms with van der Waals surface area (Å²) in [6.45, 7) is 7.13. The summed E-state index contributed by atoms with van der Waals surface area (Å²) in [7, 11) is 0. The topological polar surface area (TPSA) is 29.1 Å². The Morgan fingerprint density at radius 3 is 2.57 bits per heavy atom. The van der Waals surface area contributed by atoms with E-state index in [1.54, 1.807) is 11.8 Å². The zero-order valence-electron chi connectivity index (χ0n) is 13.4. The van der Waals surface area contributed by atoms with Crippen molar-refractivity contribution < 1.29 is 4.79 Å². The zero-order chi connectivity index (χ0) is 15.3. The maximum atomic E-state index is 12.7. The quantitative estimate of drug-likeness (QED) is 0.841. The van der Waals surface area contributed by atoms with Crippen LogP contribution in [0.3, 0.4) is 0 Å². The molecule has 2 aliphatic carbocycles. The molecule has 114 valence electrons. The summed E-state index contributed by atoms with van der Waals surface area (Å²) < 4.78 is 0. The molecule has 0 aliphatic heterocycles. The molecular weight excluding hydrogens is 278 g/mol. The molecule has 0 radical (unpaired) electrons. The number of hydrogen-bond donors (Lipinski definition) is 1. The van der Waals surface area contributed by atoms with E-state index in [0.29, 0.717) is 11.5 Å². The molecule has 1 aromatic rings. The van der Waals surface area contributed by atoms with Crippen molar-refractivity contribution in [2.45, 2.75) is 51.0 Å². The van der Waals surface area contributed by atoms with Crippen LogP contribution in [0.2, 0.25) is 0 Å². The van der Waals surface area contributed by atoms with Gasteiger partial charge in [0.1, 0.15) is 0 Å². The SMILES string of the molecule is CSc1ccccc1C(=O)NC1CC2CCC1(C)C2(C)C. The van der Waals surface area contributed by atoms with E-state index in [0.717, 1.165) is 22.8 Å². The van der Waals surface area contributed by atoms with Gasteiger partial charge in [0, 0.05) is 10.9 Å². The van der Waals surface area contributed by atoms with Crippen LogP contribution in [0.25, 0.3) is 0 Å². The number of rotatable bonds is 3. The zero-order valence-corrected chi connectivity index (χ0v) is 14.2. The van der Waals surface area contributed by atoms with Crippen molar-refractivity contribution in [2.24, 2.45) is 16.7 Å². The van der Waals surface area contributed by atoms with Crippen molar-refractivity contribution in [3.8, 4) is 0 Å². The normalized spacial score (nSPS) is 33.1. The molecule has 0 aromatic heterocycles. The Morgan fingerprint density at radius 2 is 2.00 bits per heavy atom. The summed E-state index contributed by atoms with van der Waals surface area (Å²) in [5.74, 6) is 0.845. The Kier molecular flexibility index (Phi) is 3.59. The molecule has 2 fully saturated rings. The van der Waals surface area contributed by atoms with Crippen molar-refractivity contribution >= 4 is 17.7 Å². The maximum absolute atomic E-state index is 12.7. The number of nitrogens with one attached hydrogen (secondary N) is 1. The highest BCUT2D eigenvalue weighted by Crippen LogP contribution is 2.65. The summed E-state index contributed by atoms with van der Waals surface area (Å²) in [5.41, 5.74) is 1.39. The Morgan fingerprint density at radius 1 is 1.29 bits per heavy atom. The summed E-state index contributed by atoms with van der Waals surface area (Å²) >= 11 is 1.64. The minimum atomic E-state index is 0.0922. The van der Waals surface area contributed by atoms with Gasteiger partial charge in [-0.3, -0.25) is 4.79 Å². The van der Waals surface area contributed by atoms with Crippen molar-refractivity contribution in [2.75, 3.05) is 6.26 Å². The van der Waals surface area contributed by atoms with Crippen LogP contribution in [0.4, 0.5) is 0 Å². The molecule has 1 aromatic carbocycles. The number of benzene rings is 1. The van der Waals surface area contributed by atoms with Gasteiger partial charge < -0.3 is 5.32 Å².